The first kappa shape index (κ1) is 18.3. The summed E-state index contributed by atoms with van der Waals surface area (Å²) in [4.78, 5) is 17.0. The number of oxime groups is 1. The number of aryl methyl sites for hydroxylation is 2. The molecule has 1 heterocycles. The van der Waals surface area contributed by atoms with Crippen LogP contribution < -0.4 is 5.73 Å². The van der Waals surface area contributed by atoms with Gasteiger partial charge in [0.25, 0.3) is 0 Å². The van der Waals surface area contributed by atoms with Crippen molar-refractivity contribution in [2.75, 3.05) is 0 Å². The lowest BCUT2D eigenvalue weighted by atomic mass is 10.1. The quantitative estimate of drug-likeness (QED) is 0.325. The number of aromatic nitrogens is 2. The highest BCUT2D eigenvalue weighted by molar-refractivity contribution is 5.98. The second-order valence-electron chi connectivity index (χ2n) is 6.14. The Morgan fingerprint density at radius 3 is 2.33 bits per heavy atom. The van der Waals surface area contributed by atoms with Crippen LogP contribution in [0.25, 0.3) is 0 Å². The van der Waals surface area contributed by atoms with E-state index in [0.29, 0.717) is 17.7 Å². The molecule has 0 bridgehead atoms. The molecule has 0 aliphatic rings. The van der Waals surface area contributed by atoms with Crippen LogP contribution in [0.1, 0.15) is 32.9 Å². The minimum atomic E-state index is -0.627. The van der Waals surface area contributed by atoms with Crippen molar-refractivity contribution in [2.45, 2.75) is 20.4 Å². The Labute approximate surface area is 156 Å². The summed E-state index contributed by atoms with van der Waals surface area (Å²) in [6.07, 6.45) is 0. The van der Waals surface area contributed by atoms with Crippen molar-refractivity contribution in [3.8, 4) is 0 Å². The van der Waals surface area contributed by atoms with Crippen LogP contribution in [0.3, 0.4) is 0 Å². The van der Waals surface area contributed by atoms with Crippen LogP contribution in [0, 0.1) is 19.7 Å². The van der Waals surface area contributed by atoms with Crippen LogP contribution in [0.5, 0.6) is 0 Å². The summed E-state index contributed by atoms with van der Waals surface area (Å²) in [5, 5.41) is 8.03. The molecule has 0 aliphatic carbocycles. The number of carbonyl (C=O) groups is 1. The van der Waals surface area contributed by atoms with E-state index in [-0.39, 0.29) is 11.7 Å². The highest BCUT2D eigenvalue weighted by Crippen LogP contribution is 2.10. The zero-order valence-corrected chi connectivity index (χ0v) is 15.0. The van der Waals surface area contributed by atoms with Crippen LogP contribution in [0.4, 0.5) is 4.39 Å². The van der Waals surface area contributed by atoms with Crippen molar-refractivity contribution in [3.63, 3.8) is 0 Å². The van der Waals surface area contributed by atoms with Gasteiger partial charge in [0.15, 0.2) is 5.84 Å². The third-order valence-electron chi connectivity index (χ3n) is 3.99. The van der Waals surface area contributed by atoms with Gasteiger partial charge in [-0.2, -0.15) is 5.10 Å². The van der Waals surface area contributed by atoms with Crippen molar-refractivity contribution >= 4 is 11.8 Å². The molecule has 7 heteroatoms. The number of nitrogens with two attached hydrogens (primary N) is 1. The Bertz CT molecular complexity index is 976. The number of carbonyl (C=O) groups excluding carboxylic acids is 1. The van der Waals surface area contributed by atoms with E-state index in [1.807, 2.05) is 36.7 Å². The lowest BCUT2D eigenvalue weighted by molar-refractivity contribution is 0.0516. The first-order valence-electron chi connectivity index (χ1n) is 8.33. The fourth-order valence-corrected chi connectivity index (χ4v) is 2.57. The van der Waals surface area contributed by atoms with Gasteiger partial charge in [0, 0.05) is 11.3 Å². The summed E-state index contributed by atoms with van der Waals surface area (Å²) in [5.74, 6) is -1.02. The number of halogens is 1. The first-order valence-corrected chi connectivity index (χ1v) is 8.33. The number of benzene rings is 2. The Hall–Kier alpha value is -3.48. The lowest BCUT2D eigenvalue weighted by Gasteiger charge is -2.06. The second kappa shape index (κ2) is 7.82. The zero-order chi connectivity index (χ0) is 19.4. The van der Waals surface area contributed by atoms with E-state index < -0.39 is 5.97 Å². The summed E-state index contributed by atoms with van der Waals surface area (Å²) < 4.78 is 14.8. The number of hydrogen-bond acceptors (Lipinski definition) is 4. The topological polar surface area (TPSA) is 82.5 Å². The fourth-order valence-electron chi connectivity index (χ4n) is 2.57. The van der Waals surface area contributed by atoms with E-state index in [4.69, 9.17) is 10.6 Å². The summed E-state index contributed by atoms with van der Waals surface area (Å²) in [6, 6.07) is 14.4. The molecule has 0 unspecified atom stereocenters. The Kier molecular flexibility index (Phi) is 5.30. The molecule has 3 aromatic rings. The molecule has 0 fully saturated rings. The summed E-state index contributed by atoms with van der Waals surface area (Å²) in [6.45, 7) is 4.56. The second-order valence-corrected chi connectivity index (χ2v) is 6.14. The summed E-state index contributed by atoms with van der Waals surface area (Å²) >= 11 is 0. The predicted octanol–water partition coefficient (Wildman–Crippen LogP) is 3.16. The van der Waals surface area contributed by atoms with Crippen LogP contribution in [-0.2, 0) is 11.4 Å². The van der Waals surface area contributed by atoms with Gasteiger partial charge in [-0.25, -0.2) is 9.18 Å². The monoisotopic (exact) mass is 366 g/mol. The highest BCUT2D eigenvalue weighted by Gasteiger charge is 2.09. The van der Waals surface area contributed by atoms with Crippen LogP contribution in [0.15, 0.2) is 59.8 Å². The molecule has 2 aromatic carbocycles. The van der Waals surface area contributed by atoms with Gasteiger partial charge in [0.05, 0.1) is 17.8 Å². The van der Waals surface area contributed by atoms with E-state index in [2.05, 4.69) is 10.3 Å². The molecular weight excluding hydrogens is 347 g/mol. The maximum Gasteiger partial charge on any atom is 0.365 e. The summed E-state index contributed by atoms with van der Waals surface area (Å²) in [5.41, 5.74) is 9.59. The Morgan fingerprint density at radius 1 is 1.11 bits per heavy atom. The molecule has 27 heavy (non-hydrogen) atoms. The van der Waals surface area contributed by atoms with Gasteiger partial charge in [-0.1, -0.05) is 17.3 Å². The standard InChI is InChI=1S/C20H19FN4O2/c1-13-11-14(2)25(23-13)12-15-3-5-17(6-4-15)20(26)27-24-19(22)16-7-9-18(21)10-8-16/h3-11H,12H2,1-2H3,(H2,22,24). The number of amidine groups is 1. The Morgan fingerprint density at radius 2 is 1.74 bits per heavy atom. The minimum Gasteiger partial charge on any atom is -0.380 e. The third-order valence-corrected chi connectivity index (χ3v) is 3.99. The first-order chi connectivity index (χ1) is 12.9. The molecule has 0 saturated carbocycles. The molecule has 1 aromatic heterocycles. The summed E-state index contributed by atoms with van der Waals surface area (Å²) in [7, 11) is 0. The number of nitrogens with zero attached hydrogens (tertiary/aromatic N) is 3. The average molecular weight is 366 g/mol. The maximum atomic E-state index is 12.9. The molecule has 138 valence electrons. The number of rotatable bonds is 5. The van der Waals surface area contributed by atoms with E-state index in [1.165, 1.54) is 24.3 Å². The van der Waals surface area contributed by atoms with Gasteiger partial charge in [-0.05, 0) is 61.9 Å². The van der Waals surface area contributed by atoms with Gasteiger partial charge in [-0.15, -0.1) is 0 Å². The number of hydrogen-bond donors (Lipinski definition) is 1. The molecule has 3 rings (SSSR count). The van der Waals surface area contributed by atoms with Gasteiger partial charge >= 0.3 is 5.97 Å². The molecule has 6 nitrogen and oxygen atoms in total. The molecule has 0 saturated heterocycles. The lowest BCUT2D eigenvalue weighted by Crippen LogP contribution is -2.15. The highest BCUT2D eigenvalue weighted by atomic mass is 19.1. The smallest absolute Gasteiger partial charge is 0.365 e. The maximum absolute atomic E-state index is 12.9. The van der Waals surface area contributed by atoms with Crippen LogP contribution >= 0.6 is 0 Å². The van der Waals surface area contributed by atoms with Crippen molar-refractivity contribution in [1.82, 2.24) is 9.78 Å². The van der Waals surface area contributed by atoms with Crippen LogP contribution in [-0.4, -0.2) is 21.6 Å². The Balaban J connectivity index is 1.64. The molecule has 0 atom stereocenters. The van der Waals surface area contributed by atoms with Crippen LogP contribution in [0.2, 0.25) is 0 Å². The largest absolute Gasteiger partial charge is 0.380 e. The molecule has 0 spiro atoms. The van der Waals surface area contributed by atoms with E-state index in [1.54, 1.807) is 12.1 Å². The minimum absolute atomic E-state index is 0.00972. The normalized spacial score (nSPS) is 11.4. The average Bonchev–Trinajstić information content (AvgIpc) is 2.97. The van der Waals surface area contributed by atoms with E-state index >= 15 is 0 Å². The fraction of sp³-hybridized carbons (Fsp3) is 0.150. The SMILES string of the molecule is Cc1cc(C)n(Cc2ccc(C(=O)O/N=C(\N)c3ccc(F)cc3)cc2)n1. The molecule has 0 aliphatic heterocycles. The van der Waals surface area contributed by atoms with Gasteiger partial charge in [0.1, 0.15) is 5.82 Å². The third kappa shape index (κ3) is 4.58. The van der Waals surface area contributed by atoms with E-state index in [0.717, 1.165) is 17.0 Å². The molecule has 0 amide bonds. The van der Waals surface area contributed by atoms with Crippen molar-refractivity contribution in [1.29, 1.82) is 0 Å². The van der Waals surface area contributed by atoms with E-state index in [9.17, 15) is 9.18 Å². The molecule has 0 radical (unpaired) electrons. The van der Waals surface area contributed by atoms with Crippen molar-refractivity contribution in [3.05, 3.63) is 88.5 Å². The molecule has 2 N–H and O–H groups in total. The predicted molar refractivity (Wildman–Crippen MR) is 99.8 cm³/mol. The van der Waals surface area contributed by atoms with Gasteiger partial charge in [0.2, 0.25) is 0 Å². The molecular formula is C20H19FN4O2. The van der Waals surface area contributed by atoms with Crippen molar-refractivity contribution in [2.24, 2.45) is 10.9 Å². The van der Waals surface area contributed by atoms with Gasteiger partial charge < -0.3 is 10.6 Å². The van der Waals surface area contributed by atoms with Crippen molar-refractivity contribution < 1.29 is 14.0 Å². The zero-order valence-electron chi connectivity index (χ0n) is 15.0. The van der Waals surface area contributed by atoms with Gasteiger partial charge in [-0.3, -0.25) is 4.68 Å².